The van der Waals surface area contributed by atoms with Crippen LogP contribution in [0.4, 0.5) is 11.6 Å². The smallest absolute Gasteiger partial charge is 0.182 e. The summed E-state index contributed by atoms with van der Waals surface area (Å²) in [6.07, 6.45) is 6.95. The summed E-state index contributed by atoms with van der Waals surface area (Å²) < 4.78 is 25.4. The fraction of sp³-hybridized carbons (Fsp3) is 0.182. The Morgan fingerprint density at radius 3 is 2.55 bits per heavy atom. The molecule has 0 aliphatic heterocycles. The van der Waals surface area contributed by atoms with Crippen molar-refractivity contribution in [2.45, 2.75) is 23.8 Å². The lowest BCUT2D eigenvalue weighted by molar-refractivity contribution is 0.602. The van der Waals surface area contributed by atoms with Crippen LogP contribution in [0.25, 0.3) is 22.6 Å². The molecule has 5 rings (SSSR count). The van der Waals surface area contributed by atoms with Gasteiger partial charge in [-0.1, -0.05) is 18.2 Å². The number of hydrogen-bond donors (Lipinski definition) is 1. The largest absolute Gasteiger partial charge is 0.325 e. The van der Waals surface area contributed by atoms with E-state index in [0.717, 1.165) is 35.5 Å². The highest BCUT2D eigenvalue weighted by Gasteiger charge is 2.27. The second-order valence-electron chi connectivity index (χ2n) is 7.55. The minimum absolute atomic E-state index is 0.295. The molecular weight excluding hydrogens is 412 g/mol. The van der Waals surface area contributed by atoms with E-state index in [2.05, 4.69) is 30.0 Å². The average molecular weight is 433 g/mol. The van der Waals surface area contributed by atoms with Crippen LogP contribution in [0.15, 0.2) is 72.0 Å². The Labute approximate surface area is 179 Å². The Morgan fingerprint density at radius 2 is 1.81 bits per heavy atom. The molecule has 4 aromatic rings. The molecule has 9 heteroatoms. The minimum Gasteiger partial charge on any atom is -0.325 e. The number of sulfone groups is 1. The first-order chi connectivity index (χ1) is 15.0. The standard InChI is InChI=1S/C22H20N6O2S/c1-31(29,30)18-9-5-15(6-10-18)16-11-12-23-21(13-16)26-20-4-2-3-19(25-20)22-27-24-14-28(22)17-7-8-17/h2-6,9-14,17H,7-8H2,1H3,(H,23,25,26). The van der Waals surface area contributed by atoms with E-state index in [0.29, 0.717) is 22.6 Å². The SMILES string of the molecule is CS(=O)(=O)c1ccc(-c2ccnc(Nc3cccc(-c4nncn4C4CC4)n3)c2)cc1. The first-order valence-corrected chi connectivity index (χ1v) is 11.8. The normalized spacial score (nSPS) is 13.8. The van der Waals surface area contributed by atoms with Crippen molar-refractivity contribution in [2.24, 2.45) is 0 Å². The first-order valence-electron chi connectivity index (χ1n) is 9.88. The molecule has 1 saturated carbocycles. The molecule has 156 valence electrons. The highest BCUT2D eigenvalue weighted by atomic mass is 32.2. The van der Waals surface area contributed by atoms with Gasteiger partial charge in [0.15, 0.2) is 15.7 Å². The van der Waals surface area contributed by atoms with Gasteiger partial charge in [-0.3, -0.25) is 0 Å². The summed E-state index contributed by atoms with van der Waals surface area (Å²) in [6.45, 7) is 0. The number of pyridine rings is 2. The number of rotatable bonds is 6. The van der Waals surface area contributed by atoms with Crippen LogP contribution in [-0.2, 0) is 9.84 Å². The Morgan fingerprint density at radius 1 is 1.00 bits per heavy atom. The van der Waals surface area contributed by atoms with E-state index in [4.69, 9.17) is 0 Å². The Hall–Kier alpha value is -3.59. The molecule has 1 fully saturated rings. The third-order valence-electron chi connectivity index (χ3n) is 5.12. The molecule has 1 aliphatic rings. The van der Waals surface area contributed by atoms with Gasteiger partial charge in [0.25, 0.3) is 0 Å². The van der Waals surface area contributed by atoms with Crippen LogP contribution in [0, 0.1) is 0 Å². The van der Waals surface area contributed by atoms with Gasteiger partial charge in [-0.15, -0.1) is 10.2 Å². The highest BCUT2D eigenvalue weighted by molar-refractivity contribution is 7.90. The number of nitrogens with one attached hydrogen (secondary N) is 1. The molecule has 0 unspecified atom stereocenters. The van der Waals surface area contributed by atoms with E-state index in [1.54, 1.807) is 36.8 Å². The van der Waals surface area contributed by atoms with Crippen LogP contribution in [-0.4, -0.2) is 39.4 Å². The Bertz CT molecular complexity index is 1340. The van der Waals surface area contributed by atoms with Gasteiger partial charge in [0.05, 0.1) is 4.90 Å². The summed E-state index contributed by atoms with van der Waals surface area (Å²) in [5.41, 5.74) is 2.57. The number of anilines is 2. The predicted octanol–water partition coefficient (Wildman–Crippen LogP) is 3.88. The topological polar surface area (TPSA) is 103 Å². The zero-order valence-electron chi connectivity index (χ0n) is 16.8. The van der Waals surface area contributed by atoms with Gasteiger partial charge in [-0.25, -0.2) is 18.4 Å². The van der Waals surface area contributed by atoms with Gasteiger partial charge >= 0.3 is 0 Å². The van der Waals surface area contributed by atoms with Gasteiger partial charge in [-0.2, -0.15) is 0 Å². The monoisotopic (exact) mass is 432 g/mol. The summed E-state index contributed by atoms with van der Waals surface area (Å²) in [6, 6.07) is 16.8. The van der Waals surface area contributed by atoms with Crippen molar-refractivity contribution >= 4 is 21.5 Å². The molecule has 31 heavy (non-hydrogen) atoms. The van der Waals surface area contributed by atoms with Gasteiger partial charge < -0.3 is 9.88 Å². The second-order valence-corrected chi connectivity index (χ2v) is 9.57. The van der Waals surface area contributed by atoms with Crippen LogP contribution < -0.4 is 5.32 Å². The van der Waals surface area contributed by atoms with E-state index >= 15 is 0 Å². The molecule has 0 amide bonds. The summed E-state index contributed by atoms with van der Waals surface area (Å²) >= 11 is 0. The van der Waals surface area contributed by atoms with Gasteiger partial charge in [0.2, 0.25) is 0 Å². The summed E-state index contributed by atoms with van der Waals surface area (Å²) in [4.78, 5) is 9.36. The lowest BCUT2D eigenvalue weighted by Gasteiger charge is -2.09. The third-order valence-corrected chi connectivity index (χ3v) is 6.25. The second kappa shape index (κ2) is 7.59. The molecule has 1 N–H and O–H groups in total. The molecule has 8 nitrogen and oxygen atoms in total. The van der Waals surface area contributed by atoms with Gasteiger partial charge in [-0.05, 0) is 60.4 Å². The number of benzene rings is 1. The van der Waals surface area contributed by atoms with Crippen molar-refractivity contribution < 1.29 is 8.42 Å². The maximum absolute atomic E-state index is 11.7. The van der Waals surface area contributed by atoms with E-state index < -0.39 is 9.84 Å². The lowest BCUT2D eigenvalue weighted by Crippen LogP contribution is -2.01. The van der Waals surface area contributed by atoms with Crippen LogP contribution in [0.5, 0.6) is 0 Å². The molecule has 0 radical (unpaired) electrons. The quantitative estimate of drug-likeness (QED) is 0.493. The molecule has 1 aromatic carbocycles. The maximum Gasteiger partial charge on any atom is 0.182 e. The minimum atomic E-state index is -3.22. The van der Waals surface area contributed by atoms with Crippen LogP contribution in [0.3, 0.4) is 0 Å². The fourth-order valence-corrected chi connectivity index (χ4v) is 4.01. The summed E-state index contributed by atoms with van der Waals surface area (Å²) in [5.74, 6) is 2.05. The Balaban J connectivity index is 1.39. The van der Waals surface area contributed by atoms with E-state index in [9.17, 15) is 8.42 Å². The summed E-state index contributed by atoms with van der Waals surface area (Å²) in [5, 5.41) is 11.5. The van der Waals surface area contributed by atoms with Crippen molar-refractivity contribution in [3.05, 3.63) is 67.1 Å². The van der Waals surface area contributed by atoms with E-state index in [-0.39, 0.29) is 0 Å². The van der Waals surface area contributed by atoms with Crippen LogP contribution in [0.1, 0.15) is 18.9 Å². The molecule has 1 aliphatic carbocycles. The number of nitrogens with zero attached hydrogens (tertiary/aromatic N) is 5. The van der Waals surface area contributed by atoms with Crippen molar-refractivity contribution in [1.82, 2.24) is 24.7 Å². The zero-order valence-corrected chi connectivity index (χ0v) is 17.6. The van der Waals surface area contributed by atoms with E-state index in [1.165, 1.54) is 6.26 Å². The maximum atomic E-state index is 11.7. The average Bonchev–Trinajstić information content (AvgIpc) is 3.50. The van der Waals surface area contributed by atoms with Crippen molar-refractivity contribution in [3.63, 3.8) is 0 Å². The van der Waals surface area contributed by atoms with Crippen molar-refractivity contribution in [3.8, 4) is 22.6 Å². The Kier molecular flexibility index (Phi) is 4.74. The highest BCUT2D eigenvalue weighted by Crippen LogP contribution is 2.37. The fourth-order valence-electron chi connectivity index (χ4n) is 3.38. The molecular formula is C22H20N6O2S. The molecule has 3 heterocycles. The van der Waals surface area contributed by atoms with Crippen LogP contribution in [0.2, 0.25) is 0 Å². The third kappa shape index (κ3) is 4.17. The van der Waals surface area contributed by atoms with Crippen molar-refractivity contribution in [2.75, 3.05) is 11.6 Å². The molecule has 0 saturated heterocycles. The van der Waals surface area contributed by atoms with E-state index in [1.807, 2.05) is 30.3 Å². The predicted molar refractivity (Wildman–Crippen MR) is 118 cm³/mol. The summed E-state index contributed by atoms with van der Waals surface area (Å²) in [7, 11) is -3.22. The number of aromatic nitrogens is 5. The van der Waals surface area contributed by atoms with Crippen molar-refractivity contribution in [1.29, 1.82) is 0 Å². The van der Waals surface area contributed by atoms with Gasteiger partial charge in [0.1, 0.15) is 23.7 Å². The number of hydrogen-bond acceptors (Lipinski definition) is 7. The molecule has 0 spiro atoms. The zero-order chi connectivity index (χ0) is 21.4. The molecule has 3 aromatic heterocycles. The first kappa shape index (κ1) is 19.4. The van der Waals surface area contributed by atoms with Gasteiger partial charge in [0, 0.05) is 18.5 Å². The lowest BCUT2D eigenvalue weighted by atomic mass is 10.1. The van der Waals surface area contributed by atoms with Crippen LogP contribution >= 0.6 is 0 Å². The molecule has 0 atom stereocenters. The molecule has 0 bridgehead atoms.